The highest BCUT2D eigenvalue weighted by atomic mass is 19.4. The molecule has 0 amide bonds. The minimum Gasteiger partial charge on any atom is -0.316 e. The highest BCUT2D eigenvalue weighted by Crippen LogP contribution is 2.34. The molecule has 0 spiro atoms. The molecule has 0 saturated carbocycles. The summed E-state index contributed by atoms with van der Waals surface area (Å²) in [7, 11) is 1.56. The van der Waals surface area contributed by atoms with E-state index in [1.54, 1.807) is 7.05 Å². The maximum atomic E-state index is 13.2. The van der Waals surface area contributed by atoms with Crippen molar-refractivity contribution in [2.75, 3.05) is 7.05 Å². The number of nitrogens with zero attached hydrogens (tertiary/aromatic N) is 2. The summed E-state index contributed by atoms with van der Waals surface area (Å²) in [5.74, 6) is -0.498. The van der Waals surface area contributed by atoms with Crippen molar-refractivity contribution in [2.45, 2.75) is 19.6 Å². The predicted octanol–water partition coefficient (Wildman–Crippen LogP) is 3.06. The fraction of sp³-hybridized carbons (Fsp3) is 0.308. The molecule has 20 heavy (non-hydrogen) atoms. The molecule has 0 bridgehead atoms. The van der Waals surface area contributed by atoms with Crippen LogP contribution in [0.2, 0.25) is 0 Å². The number of hydrogen-bond donors (Lipinski definition) is 1. The molecule has 0 saturated heterocycles. The Labute approximate surface area is 113 Å². The van der Waals surface area contributed by atoms with E-state index in [1.807, 2.05) is 0 Å². The SMILES string of the molecule is CNCc1cnn(-c2ccc(F)cc2C)c1C(F)(F)F. The van der Waals surface area contributed by atoms with E-state index in [9.17, 15) is 17.6 Å². The van der Waals surface area contributed by atoms with E-state index in [1.165, 1.54) is 25.3 Å². The highest BCUT2D eigenvalue weighted by molar-refractivity contribution is 5.43. The van der Waals surface area contributed by atoms with Gasteiger partial charge >= 0.3 is 6.18 Å². The van der Waals surface area contributed by atoms with Gasteiger partial charge in [-0.1, -0.05) is 0 Å². The van der Waals surface area contributed by atoms with Gasteiger partial charge in [-0.2, -0.15) is 18.3 Å². The molecule has 3 nitrogen and oxygen atoms in total. The number of benzene rings is 1. The van der Waals surface area contributed by atoms with Gasteiger partial charge in [-0.15, -0.1) is 0 Å². The first-order valence-corrected chi connectivity index (χ1v) is 5.90. The molecule has 0 aliphatic rings. The van der Waals surface area contributed by atoms with Gasteiger partial charge in [0.25, 0.3) is 0 Å². The summed E-state index contributed by atoms with van der Waals surface area (Å²) in [5, 5.41) is 6.47. The third kappa shape index (κ3) is 2.67. The van der Waals surface area contributed by atoms with Gasteiger partial charge in [0, 0.05) is 12.1 Å². The maximum absolute atomic E-state index is 13.2. The van der Waals surface area contributed by atoms with Gasteiger partial charge in [0.2, 0.25) is 0 Å². The van der Waals surface area contributed by atoms with Crippen LogP contribution in [-0.4, -0.2) is 16.8 Å². The molecule has 0 aliphatic carbocycles. The Bertz CT molecular complexity index is 617. The lowest BCUT2D eigenvalue weighted by atomic mass is 10.1. The molecule has 0 unspecified atom stereocenters. The Morgan fingerprint density at radius 2 is 2.00 bits per heavy atom. The first kappa shape index (κ1) is 14.5. The highest BCUT2D eigenvalue weighted by Gasteiger charge is 2.38. The van der Waals surface area contributed by atoms with E-state index >= 15 is 0 Å². The Balaban J connectivity index is 2.62. The fourth-order valence-corrected chi connectivity index (χ4v) is 2.04. The summed E-state index contributed by atoms with van der Waals surface area (Å²) in [5.41, 5.74) is -0.207. The number of hydrogen-bond acceptors (Lipinski definition) is 2. The van der Waals surface area contributed by atoms with Crippen LogP contribution in [0.15, 0.2) is 24.4 Å². The quantitative estimate of drug-likeness (QED) is 0.879. The smallest absolute Gasteiger partial charge is 0.316 e. The van der Waals surface area contributed by atoms with Crippen LogP contribution in [0.1, 0.15) is 16.8 Å². The lowest BCUT2D eigenvalue weighted by Gasteiger charge is -2.14. The third-order valence-electron chi connectivity index (χ3n) is 2.87. The van der Waals surface area contributed by atoms with Crippen LogP contribution in [0.4, 0.5) is 17.6 Å². The van der Waals surface area contributed by atoms with Crippen molar-refractivity contribution in [3.8, 4) is 5.69 Å². The topological polar surface area (TPSA) is 29.9 Å². The normalized spacial score (nSPS) is 11.9. The second kappa shape index (κ2) is 5.24. The molecule has 2 rings (SSSR count). The lowest BCUT2D eigenvalue weighted by molar-refractivity contribution is -0.143. The van der Waals surface area contributed by atoms with Gasteiger partial charge in [-0.3, -0.25) is 0 Å². The van der Waals surface area contributed by atoms with Gasteiger partial charge in [-0.25, -0.2) is 9.07 Å². The Kier molecular flexibility index (Phi) is 3.80. The van der Waals surface area contributed by atoms with Crippen molar-refractivity contribution >= 4 is 0 Å². The predicted molar refractivity (Wildman–Crippen MR) is 66.0 cm³/mol. The van der Waals surface area contributed by atoms with E-state index in [0.717, 1.165) is 10.7 Å². The van der Waals surface area contributed by atoms with Crippen molar-refractivity contribution in [2.24, 2.45) is 0 Å². The monoisotopic (exact) mass is 287 g/mol. The summed E-state index contributed by atoms with van der Waals surface area (Å²) in [6.07, 6.45) is -3.37. The summed E-state index contributed by atoms with van der Waals surface area (Å²) >= 11 is 0. The summed E-state index contributed by atoms with van der Waals surface area (Å²) in [4.78, 5) is 0. The zero-order chi connectivity index (χ0) is 14.9. The van der Waals surface area contributed by atoms with Gasteiger partial charge in [0.15, 0.2) is 5.69 Å². The van der Waals surface area contributed by atoms with Crippen LogP contribution in [0.5, 0.6) is 0 Å². The fourth-order valence-electron chi connectivity index (χ4n) is 2.04. The minimum absolute atomic E-state index is 0.0451. The van der Waals surface area contributed by atoms with Crippen LogP contribution in [0.25, 0.3) is 5.69 Å². The molecule has 0 fully saturated rings. The Hall–Kier alpha value is -1.89. The number of aryl methyl sites for hydroxylation is 1. The molecule has 7 heteroatoms. The van der Waals surface area contributed by atoms with Gasteiger partial charge < -0.3 is 5.32 Å². The second-order valence-corrected chi connectivity index (χ2v) is 4.39. The molecule has 108 valence electrons. The van der Waals surface area contributed by atoms with E-state index in [2.05, 4.69) is 10.4 Å². The Morgan fingerprint density at radius 1 is 1.30 bits per heavy atom. The summed E-state index contributed by atoms with van der Waals surface area (Å²) in [6.45, 7) is 1.59. The van der Waals surface area contributed by atoms with E-state index in [4.69, 9.17) is 0 Å². The minimum atomic E-state index is -4.54. The van der Waals surface area contributed by atoms with Crippen molar-refractivity contribution in [3.05, 3.63) is 47.0 Å². The van der Waals surface area contributed by atoms with Crippen molar-refractivity contribution in [3.63, 3.8) is 0 Å². The second-order valence-electron chi connectivity index (χ2n) is 4.39. The zero-order valence-corrected chi connectivity index (χ0v) is 10.9. The molecule has 1 aromatic heterocycles. The first-order valence-electron chi connectivity index (χ1n) is 5.90. The number of halogens is 4. The van der Waals surface area contributed by atoms with Crippen LogP contribution >= 0.6 is 0 Å². The largest absolute Gasteiger partial charge is 0.433 e. The average molecular weight is 287 g/mol. The van der Waals surface area contributed by atoms with E-state index in [0.29, 0.717) is 5.56 Å². The number of rotatable bonds is 3. The molecule has 2 aromatic rings. The van der Waals surface area contributed by atoms with Gasteiger partial charge in [0.1, 0.15) is 5.82 Å². The third-order valence-corrected chi connectivity index (χ3v) is 2.87. The molecular formula is C13H13F4N3. The molecule has 1 N–H and O–H groups in total. The molecule has 1 heterocycles. The molecule has 0 aliphatic heterocycles. The number of nitrogens with one attached hydrogen (secondary N) is 1. The molecular weight excluding hydrogens is 274 g/mol. The van der Waals surface area contributed by atoms with Crippen molar-refractivity contribution in [1.29, 1.82) is 0 Å². The lowest BCUT2D eigenvalue weighted by Crippen LogP contribution is -2.18. The number of aromatic nitrogens is 2. The summed E-state index contributed by atoms with van der Waals surface area (Å²) in [6, 6.07) is 3.58. The van der Waals surface area contributed by atoms with Crippen LogP contribution in [0.3, 0.4) is 0 Å². The van der Waals surface area contributed by atoms with Crippen LogP contribution in [0, 0.1) is 12.7 Å². The van der Waals surface area contributed by atoms with Crippen LogP contribution in [-0.2, 0) is 12.7 Å². The Morgan fingerprint density at radius 3 is 2.55 bits per heavy atom. The van der Waals surface area contributed by atoms with Crippen molar-refractivity contribution < 1.29 is 17.6 Å². The summed E-state index contributed by atoms with van der Waals surface area (Å²) < 4.78 is 53.5. The van der Waals surface area contributed by atoms with E-state index < -0.39 is 17.7 Å². The first-order chi connectivity index (χ1) is 9.34. The van der Waals surface area contributed by atoms with Gasteiger partial charge in [0.05, 0.1) is 11.9 Å². The molecule has 0 atom stereocenters. The zero-order valence-electron chi connectivity index (χ0n) is 10.9. The maximum Gasteiger partial charge on any atom is 0.433 e. The van der Waals surface area contributed by atoms with Crippen molar-refractivity contribution in [1.82, 2.24) is 15.1 Å². The number of alkyl halides is 3. The van der Waals surface area contributed by atoms with Gasteiger partial charge in [-0.05, 0) is 37.7 Å². The van der Waals surface area contributed by atoms with E-state index in [-0.39, 0.29) is 17.8 Å². The molecule has 1 aromatic carbocycles. The standard InChI is InChI=1S/C13H13F4N3/c1-8-5-10(14)3-4-11(8)20-12(13(15,16)17)9(6-18-2)7-19-20/h3-5,7,18H,6H2,1-2H3. The molecule has 0 radical (unpaired) electrons. The average Bonchev–Trinajstić information content (AvgIpc) is 2.73. The van der Waals surface area contributed by atoms with Crippen LogP contribution < -0.4 is 5.32 Å².